The molecule has 33 heavy (non-hydrogen) atoms. The molecule has 0 aliphatic rings. The average molecular weight is 455 g/mol. The summed E-state index contributed by atoms with van der Waals surface area (Å²) in [5.41, 5.74) is 2.78. The molecule has 0 saturated carbocycles. The van der Waals surface area contributed by atoms with Crippen LogP contribution >= 0.6 is 0 Å². The topological polar surface area (TPSA) is 67.2 Å². The van der Waals surface area contributed by atoms with Crippen molar-refractivity contribution in [3.63, 3.8) is 0 Å². The Morgan fingerprint density at radius 1 is 1.00 bits per heavy atom. The number of hydrogen-bond acceptors (Lipinski definition) is 3. The van der Waals surface area contributed by atoms with Crippen molar-refractivity contribution in [1.82, 2.24) is 14.7 Å². The number of benzene rings is 1. The summed E-state index contributed by atoms with van der Waals surface area (Å²) in [6.07, 6.45) is 8.67. The van der Waals surface area contributed by atoms with E-state index in [1.165, 1.54) is 37.0 Å². The molecule has 6 heteroatoms. The van der Waals surface area contributed by atoms with E-state index in [0.717, 1.165) is 29.8 Å². The fraction of sp³-hybridized carbons (Fsp3) is 0.593. The molecule has 0 bridgehead atoms. The van der Waals surface area contributed by atoms with Crippen LogP contribution in [0.1, 0.15) is 90.3 Å². The predicted molar refractivity (Wildman–Crippen MR) is 136 cm³/mol. The van der Waals surface area contributed by atoms with Gasteiger partial charge in [0.25, 0.3) is 0 Å². The number of unbranched alkanes of at least 4 members (excludes halogenated alkanes) is 6. The van der Waals surface area contributed by atoms with Crippen LogP contribution in [0.4, 0.5) is 5.82 Å². The highest BCUT2D eigenvalue weighted by Crippen LogP contribution is 2.26. The van der Waals surface area contributed by atoms with E-state index in [2.05, 4.69) is 33.0 Å². The summed E-state index contributed by atoms with van der Waals surface area (Å²) in [5, 5.41) is 7.71. The Morgan fingerprint density at radius 3 is 2.21 bits per heavy atom. The molecule has 2 aromatic rings. The van der Waals surface area contributed by atoms with Gasteiger partial charge < -0.3 is 10.2 Å². The van der Waals surface area contributed by atoms with E-state index in [0.29, 0.717) is 12.2 Å². The third kappa shape index (κ3) is 8.67. The van der Waals surface area contributed by atoms with Crippen LogP contribution in [0.25, 0.3) is 5.69 Å². The molecule has 0 aliphatic heterocycles. The fourth-order valence-electron chi connectivity index (χ4n) is 3.63. The second kappa shape index (κ2) is 12.6. The number of likely N-dealkylation sites (N-methyl/N-ethyl adjacent to an activating group) is 1. The van der Waals surface area contributed by atoms with Gasteiger partial charge in [0.15, 0.2) is 0 Å². The lowest BCUT2D eigenvalue weighted by Gasteiger charge is -2.17. The zero-order valence-corrected chi connectivity index (χ0v) is 21.4. The number of anilines is 1. The number of rotatable bonds is 12. The van der Waals surface area contributed by atoms with Gasteiger partial charge >= 0.3 is 0 Å². The Bertz CT molecular complexity index is 894. The number of nitrogens with one attached hydrogen (secondary N) is 1. The normalized spacial score (nSPS) is 11.5. The summed E-state index contributed by atoms with van der Waals surface area (Å²) in [7, 11) is 1.70. The van der Waals surface area contributed by atoms with Crippen molar-refractivity contribution in [2.45, 2.75) is 91.4 Å². The molecule has 0 unspecified atom stereocenters. The van der Waals surface area contributed by atoms with Gasteiger partial charge in [-0.05, 0) is 25.5 Å². The van der Waals surface area contributed by atoms with Gasteiger partial charge in [0.2, 0.25) is 11.8 Å². The van der Waals surface area contributed by atoms with E-state index in [4.69, 9.17) is 5.10 Å². The Morgan fingerprint density at radius 2 is 1.61 bits per heavy atom. The SMILES string of the molecule is CCCCCCCCCC(=O)N(C)CC(=O)Nc1cc(C(C)(C)C)nn1-c1ccc(C)cc1. The molecule has 1 aromatic carbocycles. The third-order valence-corrected chi connectivity index (χ3v) is 5.82. The van der Waals surface area contributed by atoms with Crippen molar-refractivity contribution >= 4 is 17.6 Å². The third-order valence-electron chi connectivity index (χ3n) is 5.82. The van der Waals surface area contributed by atoms with E-state index >= 15 is 0 Å². The lowest BCUT2D eigenvalue weighted by Crippen LogP contribution is -2.35. The molecule has 1 heterocycles. The first-order valence-corrected chi connectivity index (χ1v) is 12.3. The molecular weight excluding hydrogens is 412 g/mol. The summed E-state index contributed by atoms with van der Waals surface area (Å²) < 4.78 is 1.76. The highest BCUT2D eigenvalue weighted by molar-refractivity contribution is 5.94. The van der Waals surface area contributed by atoms with Crippen molar-refractivity contribution in [2.75, 3.05) is 18.9 Å². The Kier molecular flexibility index (Phi) is 10.1. The maximum Gasteiger partial charge on any atom is 0.245 e. The van der Waals surface area contributed by atoms with Crippen LogP contribution in [0.15, 0.2) is 30.3 Å². The van der Waals surface area contributed by atoms with Crippen molar-refractivity contribution in [3.8, 4) is 5.69 Å². The lowest BCUT2D eigenvalue weighted by atomic mass is 9.92. The number of nitrogens with zero attached hydrogens (tertiary/aromatic N) is 3. The highest BCUT2D eigenvalue weighted by atomic mass is 16.2. The Hall–Kier alpha value is -2.63. The van der Waals surface area contributed by atoms with Gasteiger partial charge in [-0.1, -0.05) is 83.9 Å². The second-order valence-corrected chi connectivity index (χ2v) is 10.1. The molecule has 6 nitrogen and oxygen atoms in total. The number of hydrogen-bond donors (Lipinski definition) is 1. The summed E-state index contributed by atoms with van der Waals surface area (Å²) in [6.45, 7) is 10.6. The van der Waals surface area contributed by atoms with Gasteiger partial charge in [0, 0.05) is 24.9 Å². The smallest absolute Gasteiger partial charge is 0.245 e. The summed E-state index contributed by atoms with van der Waals surface area (Å²) in [5.74, 6) is 0.405. The molecule has 0 spiro atoms. The monoisotopic (exact) mass is 454 g/mol. The minimum atomic E-state index is -0.223. The van der Waals surface area contributed by atoms with Crippen LogP contribution < -0.4 is 5.32 Å². The zero-order valence-electron chi connectivity index (χ0n) is 21.4. The minimum absolute atomic E-state index is 0.0149. The van der Waals surface area contributed by atoms with E-state index in [9.17, 15) is 9.59 Å². The number of aromatic nitrogens is 2. The highest BCUT2D eigenvalue weighted by Gasteiger charge is 2.22. The Balaban J connectivity index is 1.95. The van der Waals surface area contributed by atoms with E-state index in [1.807, 2.05) is 37.3 Å². The van der Waals surface area contributed by atoms with E-state index in [-0.39, 0.29) is 23.8 Å². The first kappa shape index (κ1) is 26.6. The molecule has 1 aromatic heterocycles. The first-order valence-electron chi connectivity index (χ1n) is 12.3. The largest absolute Gasteiger partial charge is 0.336 e. The van der Waals surface area contributed by atoms with Crippen molar-refractivity contribution < 1.29 is 9.59 Å². The van der Waals surface area contributed by atoms with Crippen LogP contribution in [0.5, 0.6) is 0 Å². The first-order chi connectivity index (χ1) is 15.6. The average Bonchev–Trinajstić information content (AvgIpc) is 3.17. The van der Waals surface area contributed by atoms with Gasteiger partial charge in [-0.3, -0.25) is 9.59 Å². The number of carbonyl (C=O) groups is 2. The van der Waals surface area contributed by atoms with Gasteiger partial charge in [-0.25, -0.2) is 4.68 Å². The van der Waals surface area contributed by atoms with E-state index in [1.54, 1.807) is 11.7 Å². The molecule has 0 saturated heterocycles. The fourth-order valence-corrected chi connectivity index (χ4v) is 3.63. The van der Waals surface area contributed by atoms with Crippen molar-refractivity contribution in [1.29, 1.82) is 0 Å². The van der Waals surface area contributed by atoms with Crippen LogP contribution in [-0.2, 0) is 15.0 Å². The van der Waals surface area contributed by atoms with Gasteiger partial charge in [0.05, 0.1) is 17.9 Å². The molecule has 182 valence electrons. The van der Waals surface area contributed by atoms with Gasteiger partial charge in [0.1, 0.15) is 5.82 Å². The predicted octanol–water partition coefficient (Wildman–Crippen LogP) is 6.02. The standard InChI is InChI=1S/C27H42N4O2/c1-7-8-9-10-11-12-13-14-26(33)30(6)20-25(32)28-24-19-23(27(3,4)5)29-31(24)22-17-15-21(2)16-18-22/h15-19H,7-14,20H2,1-6H3,(H,28,32). The minimum Gasteiger partial charge on any atom is -0.336 e. The van der Waals surface area contributed by atoms with E-state index < -0.39 is 0 Å². The number of aryl methyl sites for hydroxylation is 1. The zero-order chi connectivity index (χ0) is 24.4. The lowest BCUT2D eigenvalue weighted by molar-refractivity contribution is -0.133. The summed E-state index contributed by atoms with van der Waals surface area (Å²) in [6, 6.07) is 9.94. The van der Waals surface area contributed by atoms with Crippen LogP contribution in [0, 0.1) is 6.92 Å². The maximum atomic E-state index is 12.8. The molecule has 0 atom stereocenters. The molecule has 2 rings (SSSR count). The quantitative estimate of drug-likeness (QED) is 0.399. The second-order valence-electron chi connectivity index (χ2n) is 10.1. The van der Waals surface area contributed by atoms with Crippen molar-refractivity contribution in [3.05, 3.63) is 41.6 Å². The van der Waals surface area contributed by atoms with Crippen molar-refractivity contribution in [2.24, 2.45) is 0 Å². The number of carbonyl (C=O) groups excluding carboxylic acids is 2. The molecule has 1 N–H and O–H groups in total. The number of amides is 2. The van der Waals surface area contributed by atoms with Gasteiger partial charge in [-0.15, -0.1) is 0 Å². The Labute approximate surface area is 199 Å². The van der Waals surface area contributed by atoms with Crippen LogP contribution in [0.3, 0.4) is 0 Å². The molecule has 0 fully saturated rings. The summed E-state index contributed by atoms with van der Waals surface area (Å²) >= 11 is 0. The maximum absolute atomic E-state index is 12.8. The van der Waals surface area contributed by atoms with Crippen LogP contribution in [0.2, 0.25) is 0 Å². The van der Waals surface area contributed by atoms with Crippen LogP contribution in [-0.4, -0.2) is 40.1 Å². The summed E-state index contributed by atoms with van der Waals surface area (Å²) in [4.78, 5) is 26.7. The molecule has 0 aliphatic carbocycles. The molecule has 2 amide bonds. The molecular formula is C27H42N4O2. The van der Waals surface area contributed by atoms with Gasteiger partial charge in [-0.2, -0.15) is 5.10 Å². The molecule has 0 radical (unpaired) electrons.